The van der Waals surface area contributed by atoms with Gasteiger partial charge in [-0.3, -0.25) is 10.2 Å². The van der Waals surface area contributed by atoms with E-state index in [1.165, 1.54) is 10.9 Å². The molecule has 0 fully saturated rings. The monoisotopic (exact) mass is 295 g/mol. The summed E-state index contributed by atoms with van der Waals surface area (Å²) in [6, 6.07) is 5.55. The molecule has 0 radical (unpaired) electrons. The summed E-state index contributed by atoms with van der Waals surface area (Å²) in [5.74, 6) is 5.13. The third kappa shape index (κ3) is 3.46. The maximum absolute atomic E-state index is 11.2. The zero-order valence-corrected chi connectivity index (χ0v) is 11.6. The van der Waals surface area contributed by atoms with Crippen molar-refractivity contribution < 1.29 is 9.53 Å². The number of aryl methyl sites for hydroxylation is 1. The third-order valence-electron chi connectivity index (χ3n) is 2.57. The van der Waals surface area contributed by atoms with Crippen LogP contribution in [0.15, 0.2) is 24.4 Å². The predicted molar refractivity (Wildman–Crippen MR) is 73.4 cm³/mol. The zero-order chi connectivity index (χ0) is 14.5. The molecule has 106 valence electrons. The number of hydrazine groups is 1. The first kappa shape index (κ1) is 14.3. The number of amides is 1. The second-order valence-electron chi connectivity index (χ2n) is 4.12. The van der Waals surface area contributed by atoms with Gasteiger partial charge in [-0.2, -0.15) is 0 Å². The number of aromatic nitrogens is 3. The summed E-state index contributed by atoms with van der Waals surface area (Å²) in [4.78, 5) is 11.2. The molecule has 2 aromatic rings. The largest absolute Gasteiger partial charge is 0.490 e. The van der Waals surface area contributed by atoms with Crippen molar-refractivity contribution in [2.45, 2.75) is 13.5 Å². The number of nitrogens with one attached hydrogen (secondary N) is 1. The fourth-order valence-electron chi connectivity index (χ4n) is 1.56. The molecule has 0 unspecified atom stereocenters. The van der Waals surface area contributed by atoms with Crippen molar-refractivity contribution in [3.8, 4) is 5.75 Å². The Morgan fingerprint density at radius 3 is 3.10 bits per heavy atom. The van der Waals surface area contributed by atoms with Gasteiger partial charge in [0.15, 0.2) is 5.69 Å². The topological polar surface area (TPSA) is 95.1 Å². The molecule has 1 heterocycles. The van der Waals surface area contributed by atoms with Crippen LogP contribution in [0.1, 0.15) is 16.1 Å². The lowest BCUT2D eigenvalue weighted by Crippen LogP contribution is -2.30. The summed E-state index contributed by atoms with van der Waals surface area (Å²) in [5.41, 5.74) is 3.20. The van der Waals surface area contributed by atoms with E-state index in [1.54, 1.807) is 6.07 Å². The van der Waals surface area contributed by atoms with Crippen LogP contribution < -0.4 is 16.0 Å². The van der Waals surface area contributed by atoms with Crippen LogP contribution in [0, 0.1) is 6.92 Å². The van der Waals surface area contributed by atoms with Crippen LogP contribution in [-0.2, 0) is 6.54 Å². The molecule has 1 aromatic heterocycles. The molecule has 3 N–H and O–H groups in total. The van der Waals surface area contributed by atoms with E-state index in [-0.39, 0.29) is 5.69 Å². The van der Waals surface area contributed by atoms with Gasteiger partial charge in [-0.1, -0.05) is 22.9 Å². The molecule has 0 aliphatic carbocycles. The van der Waals surface area contributed by atoms with Gasteiger partial charge in [-0.15, -0.1) is 5.10 Å². The molecule has 0 atom stereocenters. The second-order valence-corrected chi connectivity index (χ2v) is 4.53. The van der Waals surface area contributed by atoms with Crippen LogP contribution in [-0.4, -0.2) is 27.5 Å². The van der Waals surface area contributed by atoms with Gasteiger partial charge in [0.2, 0.25) is 0 Å². The fourth-order valence-corrected chi connectivity index (χ4v) is 1.73. The highest BCUT2D eigenvalue weighted by Gasteiger charge is 2.09. The summed E-state index contributed by atoms with van der Waals surface area (Å²) in [6.45, 7) is 2.75. The molecule has 0 aliphatic rings. The minimum atomic E-state index is -0.487. The molecule has 0 saturated heterocycles. The number of nitrogens with zero attached hydrogens (tertiary/aromatic N) is 3. The van der Waals surface area contributed by atoms with Crippen molar-refractivity contribution in [3.05, 3.63) is 40.7 Å². The number of nitrogen functional groups attached to an aromatic ring is 1. The Kier molecular flexibility index (Phi) is 4.54. The number of halogens is 1. The first-order valence-corrected chi connectivity index (χ1v) is 6.28. The van der Waals surface area contributed by atoms with Crippen LogP contribution in [0.5, 0.6) is 5.75 Å². The molecule has 1 amide bonds. The summed E-state index contributed by atoms with van der Waals surface area (Å²) < 4.78 is 7.07. The maximum atomic E-state index is 11.2. The first-order valence-electron chi connectivity index (χ1n) is 5.90. The van der Waals surface area contributed by atoms with E-state index in [4.69, 9.17) is 22.2 Å². The molecule has 0 bridgehead atoms. The van der Waals surface area contributed by atoms with Gasteiger partial charge in [0.05, 0.1) is 17.8 Å². The number of ether oxygens (including phenoxy) is 1. The average Bonchev–Trinajstić information content (AvgIpc) is 2.90. The van der Waals surface area contributed by atoms with Crippen LogP contribution in [0.3, 0.4) is 0 Å². The van der Waals surface area contributed by atoms with E-state index in [2.05, 4.69) is 10.3 Å². The number of hydrogen-bond acceptors (Lipinski definition) is 5. The van der Waals surface area contributed by atoms with E-state index >= 15 is 0 Å². The van der Waals surface area contributed by atoms with E-state index < -0.39 is 5.91 Å². The Hall–Kier alpha value is -2.12. The standard InChI is InChI=1S/C12H14ClN5O2/c1-8-2-3-9(13)11(6-8)20-5-4-18-7-10(16-17-18)12(19)15-14/h2-3,6-7H,4-5,14H2,1H3,(H,15,19). The Morgan fingerprint density at radius 1 is 1.55 bits per heavy atom. The lowest BCUT2D eigenvalue weighted by atomic mass is 10.2. The van der Waals surface area contributed by atoms with Crippen LogP contribution >= 0.6 is 11.6 Å². The number of hydrogen-bond donors (Lipinski definition) is 2. The van der Waals surface area contributed by atoms with Gasteiger partial charge in [0.25, 0.3) is 5.91 Å². The van der Waals surface area contributed by atoms with Crippen LogP contribution in [0.2, 0.25) is 5.02 Å². The highest BCUT2D eigenvalue weighted by molar-refractivity contribution is 6.32. The number of carbonyl (C=O) groups is 1. The average molecular weight is 296 g/mol. The number of nitrogens with two attached hydrogens (primary N) is 1. The maximum Gasteiger partial charge on any atom is 0.287 e. The van der Waals surface area contributed by atoms with Gasteiger partial charge < -0.3 is 4.74 Å². The summed E-state index contributed by atoms with van der Waals surface area (Å²) in [6.07, 6.45) is 1.49. The molecule has 0 saturated carbocycles. The Bertz CT molecular complexity index is 614. The van der Waals surface area contributed by atoms with Gasteiger partial charge in [-0.05, 0) is 24.6 Å². The van der Waals surface area contributed by atoms with Crippen LogP contribution in [0.25, 0.3) is 0 Å². The van der Waals surface area contributed by atoms with Crippen molar-refractivity contribution in [2.24, 2.45) is 5.84 Å². The molecule has 8 heteroatoms. The van der Waals surface area contributed by atoms with E-state index in [0.29, 0.717) is 23.9 Å². The van der Waals surface area contributed by atoms with Gasteiger partial charge in [-0.25, -0.2) is 10.5 Å². The number of rotatable bonds is 5. The number of carbonyl (C=O) groups excluding carboxylic acids is 1. The van der Waals surface area contributed by atoms with Crippen molar-refractivity contribution in [3.63, 3.8) is 0 Å². The Labute approximate surface area is 120 Å². The highest BCUT2D eigenvalue weighted by atomic mass is 35.5. The molecule has 1 aromatic carbocycles. The molecule has 7 nitrogen and oxygen atoms in total. The lowest BCUT2D eigenvalue weighted by molar-refractivity contribution is 0.0948. The highest BCUT2D eigenvalue weighted by Crippen LogP contribution is 2.25. The summed E-state index contributed by atoms with van der Waals surface area (Å²) in [5, 5.41) is 8.03. The van der Waals surface area contributed by atoms with Crippen LogP contribution in [0.4, 0.5) is 0 Å². The van der Waals surface area contributed by atoms with E-state index in [0.717, 1.165) is 5.56 Å². The minimum absolute atomic E-state index is 0.154. The van der Waals surface area contributed by atoms with Crippen molar-refractivity contribution >= 4 is 17.5 Å². The van der Waals surface area contributed by atoms with E-state index in [9.17, 15) is 4.79 Å². The van der Waals surface area contributed by atoms with Gasteiger partial charge >= 0.3 is 0 Å². The van der Waals surface area contributed by atoms with Crippen molar-refractivity contribution in [1.29, 1.82) is 0 Å². The third-order valence-corrected chi connectivity index (χ3v) is 2.88. The summed E-state index contributed by atoms with van der Waals surface area (Å²) >= 11 is 6.02. The van der Waals surface area contributed by atoms with Gasteiger partial charge in [0, 0.05) is 0 Å². The Morgan fingerprint density at radius 2 is 2.35 bits per heavy atom. The second kappa shape index (κ2) is 6.36. The van der Waals surface area contributed by atoms with E-state index in [1.807, 2.05) is 24.5 Å². The first-order chi connectivity index (χ1) is 9.60. The molecule has 0 spiro atoms. The molecule has 0 aliphatic heterocycles. The predicted octanol–water partition coefficient (Wildman–Crippen LogP) is 0.922. The lowest BCUT2D eigenvalue weighted by Gasteiger charge is -2.08. The fraction of sp³-hybridized carbons (Fsp3) is 0.250. The SMILES string of the molecule is Cc1ccc(Cl)c(OCCn2cc(C(=O)NN)nn2)c1. The quantitative estimate of drug-likeness (QED) is 0.486. The molecular weight excluding hydrogens is 282 g/mol. The normalized spacial score (nSPS) is 10.3. The van der Waals surface area contributed by atoms with Gasteiger partial charge in [0.1, 0.15) is 12.4 Å². The van der Waals surface area contributed by atoms with Crippen molar-refractivity contribution in [1.82, 2.24) is 20.4 Å². The molecular formula is C12H14ClN5O2. The summed E-state index contributed by atoms with van der Waals surface area (Å²) in [7, 11) is 0. The zero-order valence-electron chi connectivity index (χ0n) is 10.8. The Balaban J connectivity index is 1.91. The molecule has 20 heavy (non-hydrogen) atoms. The minimum Gasteiger partial charge on any atom is -0.490 e. The molecule has 2 rings (SSSR count). The van der Waals surface area contributed by atoms with Crippen molar-refractivity contribution in [2.75, 3.05) is 6.61 Å². The smallest absolute Gasteiger partial charge is 0.287 e. The number of benzene rings is 1.